The maximum absolute atomic E-state index is 6.51. The van der Waals surface area contributed by atoms with Gasteiger partial charge < -0.3 is 8.83 Å². The van der Waals surface area contributed by atoms with Crippen LogP contribution in [0.15, 0.2) is 179 Å². The molecule has 0 fully saturated rings. The van der Waals surface area contributed by atoms with E-state index in [0.29, 0.717) is 28.9 Å². The van der Waals surface area contributed by atoms with E-state index in [4.69, 9.17) is 28.8 Å². The van der Waals surface area contributed by atoms with Crippen LogP contribution in [0.3, 0.4) is 0 Å². The lowest BCUT2D eigenvalue weighted by Crippen LogP contribution is -2.00. The number of hydrogen-bond donors (Lipinski definition) is 0. The zero-order chi connectivity index (χ0) is 35.6. The van der Waals surface area contributed by atoms with Crippen molar-refractivity contribution in [2.45, 2.75) is 0 Å². The third-order valence-corrected chi connectivity index (χ3v) is 10.1. The highest BCUT2D eigenvalue weighted by Gasteiger charge is 2.20. The van der Waals surface area contributed by atoms with Gasteiger partial charge in [-0.05, 0) is 75.1 Å². The molecule has 0 aliphatic heterocycles. The summed E-state index contributed by atoms with van der Waals surface area (Å²) in [6, 6.07) is 57.8. The minimum atomic E-state index is 0.580. The Morgan fingerprint density at radius 2 is 1.00 bits per heavy atom. The van der Waals surface area contributed by atoms with E-state index in [-0.39, 0.29) is 0 Å². The molecule has 0 amide bonds. The summed E-state index contributed by atoms with van der Waals surface area (Å²) in [5.41, 5.74) is 8.76. The molecule has 0 atom stereocenters. The number of fused-ring (bicyclic) bond motifs is 6. The first-order chi connectivity index (χ1) is 26.7. The summed E-state index contributed by atoms with van der Waals surface area (Å²) in [6.07, 6.45) is 0. The van der Waals surface area contributed by atoms with E-state index in [0.717, 1.165) is 77.0 Å². The van der Waals surface area contributed by atoms with E-state index in [1.807, 2.05) is 78.9 Å². The fraction of sp³-hybridized carbons (Fsp3) is 0. The molecule has 0 spiro atoms. The molecule has 0 saturated carbocycles. The number of furan rings is 1. The Morgan fingerprint density at radius 3 is 1.81 bits per heavy atom. The van der Waals surface area contributed by atoms with Crippen molar-refractivity contribution >= 4 is 54.6 Å². The maximum atomic E-state index is 6.51. The summed E-state index contributed by atoms with van der Waals surface area (Å²) in [5, 5.41) is 6.46. The largest absolute Gasteiger partial charge is 0.456 e. The Morgan fingerprint density at radius 1 is 0.333 bits per heavy atom. The fourth-order valence-electron chi connectivity index (χ4n) is 7.52. The molecule has 6 heteroatoms. The van der Waals surface area contributed by atoms with Crippen LogP contribution < -0.4 is 0 Å². The molecule has 0 aliphatic carbocycles. The lowest BCUT2D eigenvalue weighted by atomic mass is 9.92. The van der Waals surface area contributed by atoms with Crippen LogP contribution in [0.4, 0.5) is 0 Å². The van der Waals surface area contributed by atoms with Crippen molar-refractivity contribution < 1.29 is 8.83 Å². The number of benzene rings is 8. The summed E-state index contributed by atoms with van der Waals surface area (Å²) >= 11 is 0. The van der Waals surface area contributed by atoms with Gasteiger partial charge in [-0.15, -0.1) is 0 Å². The molecule has 0 bridgehead atoms. The van der Waals surface area contributed by atoms with Crippen LogP contribution in [-0.2, 0) is 0 Å². The van der Waals surface area contributed by atoms with Crippen molar-refractivity contribution in [3.05, 3.63) is 170 Å². The summed E-state index contributed by atoms with van der Waals surface area (Å²) < 4.78 is 12.8. The van der Waals surface area contributed by atoms with Crippen LogP contribution in [0.25, 0.3) is 111 Å². The second kappa shape index (κ2) is 12.1. The van der Waals surface area contributed by atoms with E-state index >= 15 is 0 Å². The Kier molecular flexibility index (Phi) is 6.75. The second-order valence-corrected chi connectivity index (χ2v) is 13.5. The molecule has 0 radical (unpaired) electrons. The molecule has 0 saturated heterocycles. The number of hydrogen-bond acceptors (Lipinski definition) is 6. The second-order valence-electron chi connectivity index (χ2n) is 13.5. The molecule has 0 aliphatic rings. The summed E-state index contributed by atoms with van der Waals surface area (Å²) in [7, 11) is 0. The Bertz CT molecular complexity index is 3220. The number of oxazole rings is 1. The third-order valence-electron chi connectivity index (χ3n) is 10.1. The molecule has 3 aromatic heterocycles. The number of nitrogens with zero attached hydrogens (tertiary/aromatic N) is 4. The molecule has 252 valence electrons. The van der Waals surface area contributed by atoms with Gasteiger partial charge in [0.25, 0.3) is 0 Å². The van der Waals surface area contributed by atoms with Crippen LogP contribution in [0.1, 0.15) is 0 Å². The smallest absolute Gasteiger partial charge is 0.227 e. The van der Waals surface area contributed by atoms with Crippen LogP contribution >= 0.6 is 0 Å². The lowest BCUT2D eigenvalue weighted by molar-refractivity contribution is 0.620. The monoisotopic (exact) mass is 692 g/mol. The van der Waals surface area contributed by atoms with Gasteiger partial charge in [0.1, 0.15) is 16.7 Å². The standard InChI is InChI=1S/C48H28N4O2/c1-3-13-30(14-4-1)45-50-46(34-23-22-29-12-7-8-17-32(29)24-34)52-47(51-45)35-25-33-18-9-10-19-36(33)38(26-35)37-20-11-21-41-44(37)39-27-43-40(28-42(39)53-41)49-48(54-43)31-15-5-2-6-16-31/h1-28H. The molecule has 3 heterocycles. The van der Waals surface area contributed by atoms with Crippen LogP contribution in [0.2, 0.25) is 0 Å². The van der Waals surface area contributed by atoms with E-state index < -0.39 is 0 Å². The van der Waals surface area contributed by atoms with Gasteiger partial charge in [0.15, 0.2) is 23.1 Å². The lowest BCUT2D eigenvalue weighted by Gasteiger charge is -2.13. The van der Waals surface area contributed by atoms with Gasteiger partial charge in [-0.2, -0.15) is 0 Å². The topological polar surface area (TPSA) is 77.8 Å². The summed E-state index contributed by atoms with van der Waals surface area (Å²) in [4.78, 5) is 20.1. The Balaban J connectivity index is 1.13. The highest BCUT2D eigenvalue weighted by atomic mass is 16.4. The average Bonchev–Trinajstić information content (AvgIpc) is 3.83. The van der Waals surface area contributed by atoms with E-state index in [2.05, 4.69) is 91.0 Å². The molecular formula is C48H28N4O2. The maximum Gasteiger partial charge on any atom is 0.227 e. The average molecular weight is 693 g/mol. The predicted octanol–water partition coefficient (Wildman–Crippen LogP) is 12.6. The van der Waals surface area contributed by atoms with Crippen molar-refractivity contribution in [1.82, 2.24) is 19.9 Å². The molecule has 6 nitrogen and oxygen atoms in total. The first-order valence-corrected chi connectivity index (χ1v) is 17.9. The molecule has 54 heavy (non-hydrogen) atoms. The van der Waals surface area contributed by atoms with Crippen LogP contribution in [0, 0.1) is 0 Å². The van der Waals surface area contributed by atoms with Crippen LogP contribution in [-0.4, -0.2) is 19.9 Å². The van der Waals surface area contributed by atoms with Gasteiger partial charge in [-0.1, -0.05) is 121 Å². The molecule has 11 aromatic rings. The predicted molar refractivity (Wildman–Crippen MR) is 217 cm³/mol. The minimum absolute atomic E-state index is 0.580. The Labute approximate surface area is 309 Å². The van der Waals surface area contributed by atoms with Gasteiger partial charge in [-0.25, -0.2) is 19.9 Å². The van der Waals surface area contributed by atoms with Gasteiger partial charge in [0.2, 0.25) is 5.89 Å². The molecule has 11 rings (SSSR count). The van der Waals surface area contributed by atoms with Gasteiger partial charge in [-0.3, -0.25) is 0 Å². The molecule has 0 unspecified atom stereocenters. The zero-order valence-corrected chi connectivity index (χ0v) is 28.8. The van der Waals surface area contributed by atoms with Gasteiger partial charge in [0.05, 0.1) is 0 Å². The quantitative estimate of drug-likeness (QED) is 0.179. The summed E-state index contributed by atoms with van der Waals surface area (Å²) in [6.45, 7) is 0. The summed E-state index contributed by atoms with van der Waals surface area (Å²) in [5.74, 6) is 2.41. The highest BCUT2D eigenvalue weighted by molar-refractivity contribution is 6.17. The van der Waals surface area contributed by atoms with Crippen LogP contribution in [0.5, 0.6) is 0 Å². The molecular weight excluding hydrogens is 665 g/mol. The normalized spacial score (nSPS) is 11.7. The van der Waals surface area contributed by atoms with Gasteiger partial charge >= 0.3 is 0 Å². The Hall–Kier alpha value is -7.44. The van der Waals surface area contributed by atoms with E-state index in [1.165, 1.54) is 5.39 Å². The number of aromatic nitrogens is 4. The number of rotatable bonds is 5. The van der Waals surface area contributed by atoms with E-state index in [1.54, 1.807) is 0 Å². The minimum Gasteiger partial charge on any atom is -0.456 e. The van der Waals surface area contributed by atoms with Crippen molar-refractivity contribution in [3.63, 3.8) is 0 Å². The molecule has 0 N–H and O–H groups in total. The first kappa shape index (κ1) is 30.2. The van der Waals surface area contributed by atoms with Crippen molar-refractivity contribution in [2.24, 2.45) is 0 Å². The zero-order valence-electron chi connectivity index (χ0n) is 28.8. The SMILES string of the molecule is c1ccc(-c2nc(-c3ccc4ccccc4c3)nc(-c3cc(-c4cccc5oc6cc7nc(-c8ccccc8)oc7cc6c45)c4ccccc4c3)n2)cc1. The van der Waals surface area contributed by atoms with E-state index in [9.17, 15) is 0 Å². The highest BCUT2D eigenvalue weighted by Crippen LogP contribution is 2.42. The van der Waals surface area contributed by atoms with Gasteiger partial charge in [0, 0.05) is 39.1 Å². The van der Waals surface area contributed by atoms with Crippen molar-refractivity contribution in [2.75, 3.05) is 0 Å². The fourth-order valence-corrected chi connectivity index (χ4v) is 7.52. The third kappa shape index (κ3) is 5.04. The van der Waals surface area contributed by atoms with Crippen molar-refractivity contribution in [3.8, 4) is 56.7 Å². The molecule has 8 aromatic carbocycles. The first-order valence-electron chi connectivity index (χ1n) is 17.9. The van der Waals surface area contributed by atoms with Crippen molar-refractivity contribution in [1.29, 1.82) is 0 Å².